The summed E-state index contributed by atoms with van der Waals surface area (Å²) in [6, 6.07) is 8.87. The molecule has 1 aromatic rings. The van der Waals surface area contributed by atoms with Crippen molar-refractivity contribution in [1.29, 1.82) is 0 Å². The zero-order valence-corrected chi connectivity index (χ0v) is 15.9. The summed E-state index contributed by atoms with van der Waals surface area (Å²) < 4.78 is 5.58. The number of benzene rings is 1. The molecule has 0 saturated carbocycles. The standard InChI is InChI=1S/C23H36O/c1-20(2)12-10-8-6-5-7-9-11-13-22-14-16-23(17-15-22)19-24-18-21(3)4/h14-17H,1,3,5-13,18-19H2,2,4H3. The Bertz CT molecular complexity index is 469. The van der Waals surface area contributed by atoms with Crippen LogP contribution in [0.3, 0.4) is 0 Å². The number of rotatable bonds is 14. The number of hydrogen-bond donors (Lipinski definition) is 0. The molecular formula is C23H36O. The highest BCUT2D eigenvalue weighted by atomic mass is 16.5. The highest BCUT2D eigenvalue weighted by Gasteiger charge is 1.97. The van der Waals surface area contributed by atoms with Gasteiger partial charge in [-0.05, 0) is 50.7 Å². The molecular weight excluding hydrogens is 292 g/mol. The number of ether oxygens (including phenoxy) is 1. The quantitative estimate of drug-likeness (QED) is 0.263. The lowest BCUT2D eigenvalue weighted by molar-refractivity contribution is 0.143. The average Bonchev–Trinajstić information content (AvgIpc) is 2.54. The molecule has 0 unspecified atom stereocenters. The van der Waals surface area contributed by atoms with Crippen LogP contribution in [0.4, 0.5) is 0 Å². The summed E-state index contributed by atoms with van der Waals surface area (Å²) in [5, 5.41) is 0. The van der Waals surface area contributed by atoms with Crippen molar-refractivity contribution in [2.75, 3.05) is 6.61 Å². The second-order valence-corrected chi connectivity index (χ2v) is 7.20. The minimum absolute atomic E-state index is 0.648. The Morgan fingerprint density at radius 3 is 1.88 bits per heavy atom. The van der Waals surface area contributed by atoms with Crippen LogP contribution in [-0.4, -0.2) is 6.61 Å². The van der Waals surface area contributed by atoms with Crippen LogP contribution < -0.4 is 0 Å². The molecule has 0 atom stereocenters. The van der Waals surface area contributed by atoms with Crippen molar-refractivity contribution in [3.8, 4) is 0 Å². The molecule has 0 amide bonds. The van der Waals surface area contributed by atoms with Gasteiger partial charge >= 0.3 is 0 Å². The molecule has 0 N–H and O–H groups in total. The first kappa shape index (κ1) is 20.7. The van der Waals surface area contributed by atoms with E-state index in [2.05, 4.69) is 44.3 Å². The maximum absolute atomic E-state index is 5.58. The molecule has 0 aliphatic rings. The Kier molecular flexibility index (Phi) is 11.2. The molecule has 0 bridgehead atoms. The van der Waals surface area contributed by atoms with Gasteiger partial charge in [-0.1, -0.05) is 74.1 Å². The molecule has 0 aliphatic carbocycles. The SMILES string of the molecule is C=C(C)CCCCCCCCCc1ccc(COCC(=C)C)cc1. The summed E-state index contributed by atoms with van der Waals surface area (Å²) in [6.07, 6.45) is 11.9. The van der Waals surface area contributed by atoms with Crippen molar-refractivity contribution in [3.63, 3.8) is 0 Å². The first-order valence-electron chi connectivity index (χ1n) is 9.52. The van der Waals surface area contributed by atoms with Crippen LogP contribution in [0.2, 0.25) is 0 Å². The Morgan fingerprint density at radius 2 is 1.29 bits per heavy atom. The summed E-state index contributed by atoms with van der Waals surface area (Å²) in [4.78, 5) is 0. The van der Waals surface area contributed by atoms with Crippen molar-refractivity contribution >= 4 is 0 Å². The fourth-order valence-corrected chi connectivity index (χ4v) is 2.79. The summed E-state index contributed by atoms with van der Waals surface area (Å²) in [5.74, 6) is 0. The maximum Gasteiger partial charge on any atom is 0.0721 e. The van der Waals surface area contributed by atoms with Gasteiger partial charge in [0.2, 0.25) is 0 Å². The molecule has 0 fully saturated rings. The molecule has 0 heterocycles. The highest BCUT2D eigenvalue weighted by molar-refractivity contribution is 5.22. The monoisotopic (exact) mass is 328 g/mol. The van der Waals surface area contributed by atoms with Gasteiger partial charge in [0.1, 0.15) is 0 Å². The minimum atomic E-state index is 0.648. The van der Waals surface area contributed by atoms with Gasteiger partial charge in [-0.3, -0.25) is 0 Å². The van der Waals surface area contributed by atoms with Crippen LogP contribution in [-0.2, 0) is 17.8 Å². The predicted octanol–water partition coefficient (Wildman–Crippen LogP) is 7.02. The minimum Gasteiger partial charge on any atom is -0.372 e. The van der Waals surface area contributed by atoms with Crippen LogP contribution in [0.5, 0.6) is 0 Å². The first-order chi connectivity index (χ1) is 11.6. The molecule has 24 heavy (non-hydrogen) atoms. The fraction of sp³-hybridized carbons (Fsp3) is 0.565. The van der Waals surface area contributed by atoms with E-state index in [4.69, 9.17) is 4.74 Å². The lowest BCUT2D eigenvalue weighted by Gasteiger charge is -2.06. The second kappa shape index (κ2) is 13.0. The molecule has 0 spiro atoms. The van der Waals surface area contributed by atoms with Gasteiger partial charge in [0, 0.05) is 0 Å². The van der Waals surface area contributed by atoms with E-state index in [0.717, 1.165) is 5.57 Å². The van der Waals surface area contributed by atoms with Crippen LogP contribution in [0.25, 0.3) is 0 Å². The van der Waals surface area contributed by atoms with E-state index in [1.54, 1.807) is 0 Å². The van der Waals surface area contributed by atoms with Crippen molar-refractivity contribution in [2.45, 2.75) is 78.2 Å². The molecule has 1 heteroatoms. The predicted molar refractivity (Wildman–Crippen MR) is 106 cm³/mol. The third kappa shape index (κ3) is 11.2. The van der Waals surface area contributed by atoms with Gasteiger partial charge in [0.25, 0.3) is 0 Å². The summed E-state index contributed by atoms with van der Waals surface area (Å²) in [7, 11) is 0. The molecule has 1 rings (SSSR count). The molecule has 0 saturated heterocycles. The lowest BCUT2D eigenvalue weighted by Crippen LogP contribution is -1.96. The van der Waals surface area contributed by atoms with Crippen molar-refractivity contribution in [3.05, 3.63) is 59.7 Å². The van der Waals surface area contributed by atoms with E-state index in [1.165, 1.54) is 74.5 Å². The van der Waals surface area contributed by atoms with Crippen LogP contribution in [0.1, 0.15) is 76.3 Å². The van der Waals surface area contributed by atoms with Crippen LogP contribution in [0, 0.1) is 0 Å². The van der Waals surface area contributed by atoms with Crippen LogP contribution >= 0.6 is 0 Å². The average molecular weight is 329 g/mol. The third-order valence-corrected chi connectivity index (χ3v) is 4.21. The molecule has 0 aliphatic heterocycles. The van der Waals surface area contributed by atoms with E-state index < -0.39 is 0 Å². The topological polar surface area (TPSA) is 9.23 Å². The normalized spacial score (nSPS) is 10.8. The van der Waals surface area contributed by atoms with E-state index in [9.17, 15) is 0 Å². The number of unbranched alkanes of at least 4 members (excludes halogenated alkanes) is 6. The summed E-state index contributed by atoms with van der Waals surface area (Å²) in [5.41, 5.74) is 5.08. The number of hydrogen-bond acceptors (Lipinski definition) is 1. The Morgan fingerprint density at radius 1 is 0.750 bits per heavy atom. The molecule has 0 radical (unpaired) electrons. The lowest BCUT2D eigenvalue weighted by atomic mass is 10.0. The Labute approximate surface area is 149 Å². The van der Waals surface area contributed by atoms with Crippen molar-refractivity contribution < 1.29 is 4.74 Å². The van der Waals surface area contributed by atoms with Gasteiger partial charge in [-0.15, -0.1) is 6.58 Å². The molecule has 0 aromatic heterocycles. The van der Waals surface area contributed by atoms with E-state index in [1.807, 2.05) is 6.92 Å². The van der Waals surface area contributed by atoms with Crippen molar-refractivity contribution in [1.82, 2.24) is 0 Å². The third-order valence-electron chi connectivity index (χ3n) is 4.21. The maximum atomic E-state index is 5.58. The zero-order chi connectivity index (χ0) is 17.6. The fourth-order valence-electron chi connectivity index (χ4n) is 2.79. The molecule has 134 valence electrons. The molecule has 1 nitrogen and oxygen atoms in total. The summed E-state index contributed by atoms with van der Waals surface area (Å²) in [6.45, 7) is 13.3. The molecule has 1 aromatic carbocycles. The van der Waals surface area contributed by atoms with Gasteiger partial charge < -0.3 is 4.74 Å². The number of allylic oxidation sites excluding steroid dienone is 1. The smallest absolute Gasteiger partial charge is 0.0721 e. The van der Waals surface area contributed by atoms with Gasteiger partial charge in [0.15, 0.2) is 0 Å². The van der Waals surface area contributed by atoms with Gasteiger partial charge in [-0.2, -0.15) is 0 Å². The zero-order valence-electron chi connectivity index (χ0n) is 15.9. The Hall–Kier alpha value is -1.34. The summed E-state index contributed by atoms with van der Waals surface area (Å²) >= 11 is 0. The largest absolute Gasteiger partial charge is 0.372 e. The first-order valence-corrected chi connectivity index (χ1v) is 9.52. The van der Waals surface area contributed by atoms with Gasteiger partial charge in [0.05, 0.1) is 13.2 Å². The number of aryl methyl sites for hydroxylation is 1. The van der Waals surface area contributed by atoms with E-state index in [0.29, 0.717) is 13.2 Å². The van der Waals surface area contributed by atoms with Gasteiger partial charge in [-0.25, -0.2) is 0 Å². The van der Waals surface area contributed by atoms with Crippen LogP contribution in [0.15, 0.2) is 48.6 Å². The van der Waals surface area contributed by atoms with Crippen molar-refractivity contribution in [2.24, 2.45) is 0 Å². The Balaban J connectivity index is 2.02. The van der Waals surface area contributed by atoms with E-state index >= 15 is 0 Å². The van der Waals surface area contributed by atoms with E-state index in [-0.39, 0.29) is 0 Å². The highest BCUT2D eigenvalue weighted by Crippen LogP contribution is 2.13. The second-order valence-electron chi connectivity index (χ2n) is 7.20.